The molecule has 0 spiro atoms. The van der Waals surface area contributed by atoms with Crippen LogP contribution in [-0.2, 0) is 0 Å². The summed E-state index contributed by atoms with van der Waals surface area (Å²) in [6.45, 7) is 0.807. The molecule has 1 N–H and O–H groups in total. The quantitative estimate of drug-likeness (QED) is 0.602. The first-order chi connectivity index (χ1) is 13.7. The molecule has 2 aromatic carbocycles. The summed E-state index contributed by atoms with van der Waals surface area (Å²) >= 11 is 0. The molecule has 6 heteroatoms. The van der Waals surface area contributed by atoms with Gasteiger partial charge in [-0.3, -0.25) is 14.2 Å². The first-order valence-electron chi connectivity index (χ1n) is 9.15. The van der Waals surface area contributed by atoms with E-state index in [4.69, 9.17) is 0 Å². The standard InChI is InChI=1S/C22H18N4O2/c27-19-12-25(13-19)22(28)17-8-6-16(7-9-17)21-24-11-18-10-23-20(14-26(18)21)15-4-2-1-3-5-15/h1-11,14,19,27H,12-13H2. The van der Waals surface area contributed by atoms with Crippen molar-refractivity contribution in [1.29, 1.82) is 0 Å². The maximum Gasteiger partial charge on any atom is 0.254 e. The minimum absolute atomic E-state index is 0.0552. The highest BCUT2D eigenvalue weighted by atomic mass is 16.3. The fourth-order valence-corrected chi connectivity index (χ4v) is 3.43. The van der Waals surface area contributed by atoms with E-state index in [2.05, 4.69) is 9.97 Å². The lowest BCUT2D eigenvalue weighted by Crippen LogP contribution is -2.53. The minimum Gasteiger partial charge on any atom is -0.389 e. The van der Waals surface area contributed by atoms with Gasteiger partial charge in [-0.2, -0.15) is 0 Å². The van der Waals surface area contributed by atoms with Crippen LogP contribution in [0.15, 0.2) is 73.2 Å². The summed E-state index contributed by atoms with van der Waals surface area (Å²) < 4.78 is 2.01. The predicted molar refractivity (Wildman–Crippen MR) is 106 cm³/mol. The van der Waals surface area contributed by atoms with Gasteiger partial charge in [-0.1, -0.05) is 42.5 Å². The van der Waals surface area contributed by atoms with E-state index in [9.17, 15) is 9.90 Å². The second-order valence-electron chi connectivity index (χ2n) is 6.96. The van der Waals surface area contributed by atoms with Gasteiger partial charge in [0, 0.05) is 36.0 Å². The van der Waals surface area contributed by atoms with Crippen molar-refractivity contribution < 1.29 is 9.90 Å². The van der Waals surface area contributed by atoms with Gasteiger partial charge in [0.15, 0.2) is 0 Å². The summed E-state index contributed by atoms with van der Waals surface area (Å²) in [5, 5.41) is 9.38. The highest BCUT2D eigenvalue weighted by Gasteiger charge is 2.29. The molecular formula is C22H18N4O2. The van der Waals surface area contributed by atoms with Crippen molar-refractivity contribution in [3.8, 4) is 22.6 Å². The van der Waals surface area contributed by atoms with Gasteiger partial charge in [-0.05, 0) is 12.1 Å². The molecule has 1 amide bonds. The number of imidazole rings is 1. The third-order valence-corrected chi connectivity index (χ3v) is 5.02. The molecule has 1 aliphatic rings. The van der Waals surface area contributed by atoms with Crippen LogP contribution in [0.1, 0.15) is 10.4 Å². The van der Waals surface area contributed by atoms with E-state index in [-0.39, 0.29) is 5.91 Å². The molecular weight excluding hydrogens is 352 g/mol. The second kappa shape index (κ2) is 6.58. The number of aliphatic hydroxyl groups excluding tert-OH is 1. The van der Waals surface area contributed by atoms with Gasteiger partial charge >= 0.3 is 0 Å². The Hall–Kier alpha value is -3.51. The van der Waals surface area contributed by atoms with Gasteiger partial charge in [0.1, 0.15) is 5.82 Å². The predicted octanol–water partition coefficient (Wildman–Crippen LogP) is 2.88. The van der Waals surface area contributed by atoms with Crippen molar-refractivity contribution in [2.75, 3.05) is 13.1 Å². The summed E-state index contributed by atoms with van der Waals surface area (Å²) in [5.74, 6) is 0.744. The molecule has 4 aromatic rings. The summed E-state index contributed by atoms with van der Waals surface area (Å²) in [4.78, 5) is 23.1. The van der Waals surface area contributed by atoms with Crippen molar-refractivity contribution >= 4 is 11.4 Å². The Bertz CT molecular complexity index is 1150. The Morgan fingerprint density at radius 3 is 2.36 bits per heavy atom. The van der Waals surface area contributed by atoms with Crippen LogP contribution in [0.2, 0.25) is 0 Å². The molecule has 0 aliphatic carbocycles. The number of nitrogens with zero attached hydrogens (tertiary/aromatic N) is 4. The monoisotopic (exact) mass is 370 g/mol. The molecule has 0 unspecified atom stereocenters. The van der Waals surface area contributed by atoms with Crippen LogP contribution in [-0.4, -0.2) is 49.5 Å². The molecule has 1 saturated heterocycles. The zero-order valence-electron chi connectivity index (χ0n) is 15.1. The molecule has 1 fully saturated rings. The molecule has 0 atom stereocenters. The average Bonchev–Trinajstić information content (AvgIpc) is 3.15. The Kier molecular flexibility index (Phi) is 3.91. The van der Waals surface area contributed by atoms with E-state index < -0.39 is 6.10 Å². The Labute approximate surface area is 161 Å². The number of fused-ring (bicyclic) bond motifs is 1. The molecule has 5 rings (SSSR count). The van der Waals surface area contributed by atoms with Crippen LogP contribution in [0.25, 0.3) is 28.2 Å². The van der Waals surface area contributed by atoms with Crippen LogP contribution in [0.5, 0.6) is 0 Å². The van der Waals surface area contributed by atoms with E-state index in [1.807, 2.05) is 71.4 Å². The van der Waals surface area contributed by atoms with Crippen LogP contribution >= 0.6 is 0 Å². The average molecular weight is 370 g/mol. The number of amides is 1. The second-order valence-corrected chi connectivity index (χ2v) is 6.96. The number of rotatable bonds is 3. The van der Waals surface area contributed by atoms with E-state index >= 15 is 0 Å². The number of hydrogen-bond acceptors (Lipinski definition) is 4. The molecule has 6 nitrogen and oxygen atoms in total. The highest BCUT2D eigenvalue weighted by molar-refractivity contribution is 5.95. The summed E-state index contributed by atoms with van der Waals surface area (Å²) in [5.41, 5.74) is 4.36. The van der Waals surface area contributed by atoms with Crippen LogP contribution in [0.4, 0.5) is 0 Å². The number of aliphatic hydroxyl groups is 1. The van der Waals surface area contributed by atoms with Crippen LogP contribution in [0, 0.1) is 0 Å². The van der Waals surface area contributed by atoms with Crippen molar-refractivity contribution in [2.45, 2.75) is 6.10 Å². The summed E-state index contributed by atoms with van der Waals surface area (Å²) in [6.07, 6.45) is 5.18. The summed E-state index contributed by atoms with van der Waals surface area (Å²) in [6, 6.07) is 17.4. The number of benzene rings is 2. The van der Waals surface area contributed by atoms with Gasteiger partial charge in [0.05, 0.1) is 29.7 Å². The Morgan fingerprint density at radius 1 is 0.929 bits per heavy atom. The van der Waals surface area contributed by atoms with Gasteiger partial charge in [0.2, 0.25) is 0 Å². The molecule has 1 aliphatic heterocycles. The lowest BCUT2D eigenvalue weighted by Gasteiger charge is -2.35. The van der Waals surface area contributed by atoms with Crippen molar-refractivity contribution in [3.63, 3.8) is 0 Å². The van der Waals surface area contributed by atoms with Gasteiger partial charge in [0.25, 0.3) is 5.91 Å². The largest absolute Gasteiger partial charge is 0.389 e. The molecule has 3 heterocycles. The lowest BCUT2D eigenvalue weighted by atomic mass is 10.1. The molecule has 138 valence electrons. The first kappa shape index (κ1) is 16.6. The zero-order chi connectivity index (χ0) is 19.1. The molecule has 0 saturated carbocycles. The fourth-order valence-electron chi connectivity index (χ4n) is 3.43. The van der Waals surface area contributed by atoms with Crippen molar-refractivity contribution in [1.82, 2.24) is 19.3 Å². The first-order valence-corrected chi connectivity index (χ1v) is 9.15. The number of carbonyl (C=O) groups excluding carboxylic acids is 1. The number of hydrogen-bond donors (Lipinski definition) is 1. The highest BCUT2D eigenvalue weighted by Crippen LogP contribution is 2.24. The topological polar surface area (TPSA) is 70.7 Å². The maximum atomic E-state index is 12.4. The number of β-amino-alcohol motifs (C(OH)–C–C–N with tert-alkyl or cyclic N) is 1. The summed E-state index contributed by atoms with van der Waals surface area (Å²) in [7, 11) is 0. The van der Waals surface area contributed by atoms with E-state index in [0.717, 1.165) is 28.2 Å². The minimum atomic E-state index is -0.396. The Balaban J connectivity index is 1.48. The lowest BCUT2D eigenvalue weighted by molar-refractivity contribution is 0.00590. The fraction of sp³-hybridized carbons (Fsp3) is 0.136. The SMILES string of the molecule is O=C(c1ccc(-c2ncc3cnc(-c4ccccc4)cn23)cc1)N1CC(O)C1. The van der Waals surface area contributed by atoms with E-state index in [0.29, 0.717) is 18.7 Å². The van der Waals surface area contributed by atoms with Crippen molar-refractivity contribution in [2.24, 2.45) is 0 Å². The number of carbonyl (C=O) groups is 1. The van der Waals surface area contributed by atoms with E-state index in [1.54, 1.807) is 11.1 Å². The van der Waals surface area contributed by atoms with Crippen LogP contribution in [0.3, 0.4) is 0 Å². The molecule has 0 radical (unpaired) electrons. The third kappa shape index (κ3) is 2.84. The normalized spacial score (nSPS) is 14.2. The smallest absolute Gasteiger partial charge is 0.254 e. The van der Waals surface area contributed by atoms with Gasteiger partial charge in [-0.25, -0.2) is 4.98 Å². The third-order valence-electron chi connectivity index (χ3n) is 5.02. The number of likely N-dealkylation sites (tertiary alicyclic amines) is 1. The molecule has 28 heavy (non-hydrogen) atoms. The molecule has 0 bridgehead atoms. The van der Waals surface area contributed by atoms with Crippen molar-refractivity contribution in [3.05, 3.63) is 78.8 Å². The molecule has 2 aromatic heterocycles. The van der Waals surface area contributed by atoms with Gasteiger partial charge in [-0.15, -0.1) is 0 Å². The van der Waals surface area contributed by atoms with Crippen LogP contribution < -0.4 is 0 Å². The number of aromatic nitrogens is 3. The van der Waals surface area contributed by atoms with E-state index in [1.165, 1.54) is 0 Å². The van der Waals surface area contributed by atoms with Gasteiger partial charge < -0.3 is 10.0 Å². The maximum absolute atomic E-state index is 12.4. The Morgan fingerprint density at radius 2 is 1.64 bits per heavy atom. The zero-order valence-corrected chi connectivity index (χ0v) is 15.1.